The van der Waals surface area contributed by atoms with Crippen molar-refractivity contribution in [2.24, 2.45) is 0 Å². The summed E-state index contributed by atoms with van der Waals surface area (Å²) in [5, 5.41) is 3.49. The fourth-order valence-corrected chi connectivity index (χ4v) is 3.03. The van der Waals surface area contributed by atoms with Gasteiger partial charge in [-0.3, -0.25) is 14.4 Å². The predicted octanol–water partition coefficient (Wildman–Crippen LogP) is 4.61. The number of imidazole rings is 1. The number of fused-ring (bicyclic) bond motifs is 1. The Bertz CT molecular complexity index is 1020. The topological polar surface area (TPSA) is 55.1 Å². The summed E-state index contributed by atoms with van der Waals surface area (Å²) >= 11 is 3.59. The lowest BCUT2D eigenvalue weighted by Crippen LogP contribution is -1.97. The lowest BCUT2D eigenvalue weighted by atomic mass is 10.2. The minimum atomic E-state index is 0.776. The van der Waals surface area contributed by atoms with Gasteiger partial charge in [-0.15, -0.1) is 0 Å². The number of aryl methyl sites for hydroxylation is 1. The SMILES string of the molecule is Cc1cccc(Nc2c(-c3cnccc3Br)nc3cnccn23)c1. The van der Waals surface area contributed by atoms with Crippen LogP contribution in [0.4, 0.5) is 11.5 Å². The molecule has 0 aliphatic heterocycles. The number of aromatic nitrogens is 4. The highest BCUT2D eigenvalue weighted by molar-refractivity contribution is 9.10. The number of halogens is 1. The Morgan fingerprint density at radius 3 is 2.79 bits per heavy atom. The third-order valence-corrected chi connectivity index (χ3v) is 4.43. The van der Waals surface area contributed by atoms with Crippen LogP contribution >= 0.6 is 15.9 Å². The zero-order chi connectivity index (χ0) is 16.5. The Kier molecular flexibility index (Phi) is 3.74. The number of nitrogens with zero attached hydrogens (tertiary/aromatic N) is 4. The molecule has 0 radical (unpaired) electrons. The van der Waals surface area contributed by atoms with E-state index in [2.05, 4.69) is 50.3 Å². The molecule has 0 amide bonds. The van der Waals surface area contributed by atoms with Crippen LogP contribution in [0.25, 0.3) is 16.9 Å². The van der Waals surface area contributed by atoms with Crippen molar-refractivity contribution in [3.05, 3.63) is 71.4 Å². The Morgan fingerprint density at radius 2 is 1.96 bits per heavy atom. The van der Waals surface area contributed by atoms with Crippen LogP contribution in [-0.2, 0) is 0 Å². The first kappa shape index (κ1) is 14.8. The molecule has 118 valence electrons. The molecule has 4 rings (SSSR count). The molecular formula is C18H14BrN5. The number of benzene rings is 1. The fraction of sp³-hybridized carbons (Fsp3) is 0.0556. The minimum absolute atomic E-state index is 0.776. The van der Waals surface area contributed by atoms with Crippen molar-refractivity contribution >= 4 is 33.1 Å². The Morgan fingerprint density at radius 1 is 1.08 bits per heavy atom. The highest BCUT2D eigenvalue weighted by Crippen LogP contribution is 2.34. The fourth-order valence-electron chi connectivity index (χ4n) is 2.63. The summed E-state index contributed by atoms with van der Waals surface area (Å²) in [5.74, 6) is 0.881. The maximum atomic E-state index is 4.73. The van der Waals surface area contributed by atoms with Gasteiger partial charge in [0.25, 0.3) is 0 Å². The van der Waals surface area contributed by atoms with E-state index in [4.69, 9.17) is 4.98 Å². The van der Waals surface area contributed by atoms with Gasteiger partial charge in [0.2, 0.25) is 0 Å². The molecule has 3 heterocycles. The minimum Gasteiger partial charge on any atom is -0.339 e. The summed E-state index contributed by atoms with van der Waals surface area (Å²) in [7, 11) is 0. The van der Waals surface area contributed by atoms with Gasteiger partial charge >= 0.3 is 0 Å². The summed E-state index contributed by atoms with van der Waals surface area (Å²) < 4.78 is 2.94. The van der Waals surface area contributed by atoms with Crippen LogP contribution < -0.4 is 5.32 Å². The Hall–Kier alpha value is -2.73. The van der Waals surface area contributed by atoms with Gasteiger partial charge in [0.15, 0.2) is 5.65 Å². The molecule has 0 aliphatic carbocycles. The van der Waals surface area contributed by atoms with Crippen molar-refractivity contribution in [2.75, 3.05) is 5.32 Å². The third-order valence-electron chi connectivity index (χ3n) is 3.73. The van der Waals surface area contributed by atoms with E-state index in [-0.39, 0.29) is 0 Å². The van der Waals surface area contributed by atoms with Crippen molar-refractivity contribution in [1.29, 1.82) is 0 Å². The van der Waals surface area contributed by atoms with E-state index in [0.717, 1.165) is 32.9 Å². The van der Waals surface area contributed by atoms with Crippen LogP contribution in [0, 0.1) is 6.92 Å². The standard InChI is InChI=1S/C18H14BrN5/c1-12-3-2-4-13(9-12)22-18-17(14-10-20-6-5-15(14)19)23-16-11-21-7-8-24(16)18/h2-11,22H,1H3. The van der Waals surface area contributed by atoms with E-state index >= 15 is 0 Å². The van der Waals surface area contributed by atoms with Crippen LogP contribution in [0.1, 0.15) is 5.56 Å². The molecule has 0 fully saturated rings. The summed E-state index contributed by atoms with van der Waals surface area (Å²) in [6.45, 7) is 2.07. The largest absolute Gasteiger partial charge is 0.339 e. The predicted molar refractivity (Wildman–Crippen MR) is 98.4 cm³/mol. The molecule has 3 aromatic heterocycles. The van der Waals surface area contributed by atoms with Crippen molar-refractivity contribution in [3.8, 4) is 11.3 Å². The molecule has 0 saturated heterocycles. The highest BCUT2D eigenvalue weighted by atomic mass is 79.9. The van der Waals surface area contributed by atoms with Gasteiger partial charge in [-0.05, 0) is 46.6 Å². The van der Waals surface area contributed by atoms with Crippen LogP contribution in [0.2, 0.25) is 0 Å². The van der Waals surface area contributed by atoms with E-state index in [1.165, 1.54) is 5.56 Å². The first-order valence-corrected chi connectivity index (χ1v) is 8.27. The van der Waals surface area contributed by atoms with Crippen molar-refractivity contribution in [3.63, 3.8) is 0 Å². The second-order valence-corrected chi connectivity index (χ2v) is 6.32. The first-order valence-electron chi connectivity index (χ1n) is 7.48. The zero-order valence-corrected chi connectivity index (χ0v) is 14.5. The summed E-state index contributed by atoms with van der Waals surface area (Å²) in [6.07, 6.45) is 8.95. The third kappa shape index (κ3) is 2.65. The van der Waals surface area contributed by atoms with Gasteiger partial charge in [0.05, 0.1) is 6.20 Å². The van der Waals surface area contributed by atoms with Gasteiger partial charge in [0.1, 0.15) is 11.5 Å². The second-order valence-electron chi connectivity index (χ2n) is 5.46. The van der Waals surface area contributed by atoms with Crippen molar-refractivity contribution < 1.29 is 0 Å². The van der Waals surface area contributed by atoms with E-state index in [9.17, 15) is 0 Å². The summed E-state index contributed by atoms with van der Waals surface area (Å²) in [5.41, 5.74) is 4.73. The second kappa shape index (κ2) is 6.05. The molecule has 0 spiro atoms. The molecule has 6 heteroatoms. The molecule has 1 aromatic carbocycles. The number of hydrogen-bond acceptors (Lipinski definition) is 4. The number of nitrogens with one attached hydrogen (secondary N) is 1. The molecule has 0 bridgehead atoms. The molecule has 1 N–H and O–H groups in total. The monoisotopic (exact) mass is 379 g/mol. The Labute approximate surface area is 147 Å². The molecule has 0 unspecified atom stereocenters. The normalized spacial score (nSPS) is 10.9. The van der Waals surface area contributed by atoms with E-state index in [0.29, 0.717) is 0 Å². The van der Waals surface area contributed by atoms with E-state index < -0.39 is 0 Å². The number of rotatable bonds is 3. The highest BCUT2D eigenvalue weighted by Gasteiger charge is 2.16. The first-order chi connectivity index (χ1) is 11.7. The molecule has 0 saturated carbocycles. The van der Waals surface area contributed by atoms with Gasteiger partial charge in [-0.2, -0.15) is 0 Å². The van der Waals surface area contributed by atoms with Crippen LogP contribution in [0.15, 0.2) is 65.8 Å². The molecule has 0 atom stereocenters. The van der Waals surface area contributed by atoms with Crippen molar-refractivity contribution in [1.82, 2.24) is 19.4 Å². The van der Waals surface area contributed by atoms with Gasteiger partial charge in [-0.25, -0.2) is 4.98 Å². The molecule has 5 nitrogen and oxygen atoms in total. The average molecular weight is 380 g/mol. The van der Waals surface area contributed by atoms with E-state index in [1.54, 1.807) is 24.8 Å². The Balaban J connectivity index is 1.92. The number of anilines is 2. The number of hydrogen-bond donors (Lipinski definition) is 1. The quantitative estimate of drug-likeness (QED) is 0.564. The maximum absolute atomic E-state index is 4.73. The van der Waals surface area contributed by atoms with Crippen molar-refractivity contribution in [2.45, 2.75) is 6.92 Å². The lowest BCUT2D eigenvalue weighted by molar-refractivity contribution is 1.13. The van der Waals surface area contributed by atoms with Crippen LogP contribution in [0.3, 0.4) is 0 Å². The van der Waals surface area contributed by atoms with Gasteiger partial charge in [-0.1, -0.05) is 12.1 Å². The van der Waals surface area contributed by atoms with Crippen LogP contribution in [0.5, 0.6) is 0 Å². The average Bonchev–Trinajstić information content (AvgIpc) is 2.94. The van der Waals surface area contributed by atoms with Gasteiger partial charge in [0, 0.05) is 40.5 Å². The maximum Gasteiger partial charge on any atom is 0.157 e. The number of pyridine rings is 1. The molecular weight excluding hydrogens is 366 g/mol. The van der Waals surface area contributed by atoms with Gasteiger partial charge < -0.3 is 5.32 Å². The summed E-state index contributed by atoms with van der Waals surface area (Å²) in [6, 6.07) is 10.1. The van der Waals surface area contributed by atoms with E-state index in [1.807, 2.05) is 28.8 Å². The molecule has 4 aromatic rings. The molecule has 0 aliphatic rings. The van der Waals surface area contributed by atoms with Crippen LogP contribution in [-0.4, -0.2) is 19.4 Å². The lowest BCUT2D eigenvalue weighted by Gasteiger charge is -2.10. The summed E-state index contributed by atoms with van der Waals surface area (Å²) in [4.78, 5) is 13.1. The molecule has 24 heavy (non-hydrogen) atoms. The smallest absolute Gasteiger partial charge is 0.157 e. The zero-order valence-electron chi connectivity index (χ0n) is 12.9.